The number of hydrogen-bond acceptors (Lipinski definition) is 5. The number of para-hydroxylation sites is 1. The summed E-state index contributed by atoms with van der Waals surface area (Å²) in [5.74, 6) is 0.0153. The van der Waals surface area contributed by atoms with Gasteiger partial charge in [-0.3, -0.25) is 0 Å². The molecule has 140 valence electrons. The van der Waals surface area contributed by atoms with Crippen molar-refractivity contribution in [3.05, 3.63) is 93.4 Å². The molecular formula is C23H13BrN2O2S. The highest BCUT2D eigenvalue weighted by atomic mass is 79.9. The molecule has 0 radical (unpaired) electrons. The zero-order valence-corrected chi connectivity index (χ0v) is 17.4. The summed E-state index contributed by atoms with van der Waals surface area (Å²) in [7, 11) is 0. The number of rotatable bonds is 4. The molecule has 4 nitrogen and oxygen atoms in total. The fourth-order valence-electron chi connectivity index (χ4n) is 2.68. The highest BCUT2D eigenvalue weighted by Gasteiger charge is 2.10. The number of carbonyl (C=O) groups is 1. The number of nitrogens with zero attached hydrogens (tertiary/aromatic N) is 2. The molecule has 4 rings (SSSR count). The predicted octanol–water partition coefficient (Wildman–Crippen LogP) is 6.34. The molecule has 0 N–H and O–H groups in total. The molecule has 0 bridgehead atoms. The molecule has 0 aliphatic heterocycles. The first kappa shape index (κ1) is 19.1. The molecule has 0 saturated carbocycles. The summed E-state index contributed by atoms with van der Waals surface area (Å²) in [4.78, 5) is 16.7. The Labute approximate surface area is 179 Å². The van der Waals surface area contributed by atoms with Crippen molar-refractivity contribution in [3.8, 4) is 11.8 Å². The molecule has 1 aromatic heterocycles. The molecule has 4 aromatic rings. The van der Waals surface area contributed by atoms with Gasteiger partial charge in [0.1, 0.15) is 16.8 Å². The monoisotopic (exact) mass is 460 g/mol. The highest BCUT2D eigenvalue weighted by Crippen LogP contribution is 2.28. The van der Waals surface area contributed by atoms with Crippen LogP contribution in [0.4, 0.5) is 0 Å². The maximum atomic E-state index is 12.2. The molecule has 3 aromatic carbocycles. The first-order chi connectivity index (χ1) is 14.1. The van der Waals surface area contributed by atoms with Crippen LogP contribution in [0.15, 0.2) is 77.3 Å². The zero-order valence-electron chi connectivity index (χ0n) is 15.0. The van der Waals surface area contributed by atoms with Gasteiger partial charge in [0.2, 0.25) is 0 Å². The van der Waals surface area contributed by atoms with Crippen molar-refractivity contribution in [2.24, 2.45) is 0 Å². The van der Waals surface area contributed by atoms with Crippen molar-refractivity contribution in [2.75, 3.05) is 0 Å². The summed E-state index contributed by atoms with van der Waals surface area (Å²) in [6.45, 7) is 0. The van der Waals surface area contributed by atoms with E-state index in [0.717, 1.165) is 20.3 Å². The minimum Gasteiger partial charge on any atom is -0.423 e. The van der Waals surface area contributed by atoms with E-state index in [1.54, 1.807) is 54.6 Å². The number of aromatic nitrogens is 1. The van der Waals surface area contributed by atoms with E-state index in [1.807, 2.05) is 24.3 Å². The molecule has 29 heavy (non-hydrogen) atoms. The van der Waals surface area contributed by atoms with Gasteiger partial charge in [0.05, 0.1) is 21.4 Å². The number of ether oxygens (including phenoxy) is 1. The van der Waals surface area contributed by atoms with Crippen LogP contribution < -0.4 is 4.74 Å². The lowest BCUT2D eigenvalue weighted by atomic mass is 10.1. The fourth-order valence-corrected chi connectivity index (χ4v) is 3.88. The summed E-state index contributed by atoms with van der Waals surface area (Å²) in [6, 6.07) is 24.0. The third-order valence-corrected chi connectivity index (χ3v) is 5.72. The second-order valence-corrected chi connectivity index (χ2v) is 8.07. The number of esters is 1. The molecule has 0 saturated heterocycles. The summed E-state index contributed by atoms with van der Waals surface area (Å²) in [5, 5.41) is 10.2. The van der Waals surface area contributed by atoms with E-state index < -0.39 is 5.97 Å². The summed E-state index contributed by atoms with van der Waals surface area (Å²) in [5.41, 5.74) is 2.67. The van der Waals surface area contributed by atoms with Crippen molar-refractivity contribution in [1.82, 2.24) is 4.98 Å². The van der Waals surface area contributed by atoms with E-state index in [1.165, 1.54) is 11.3 Å². The zero-order chi connectivity index (χ0) is 20.2. The Morgan fingerprint density at radius 2 is 1.76 bits per heavy atom. The number of thiazole rings is 1. The van der Waals surface area contributed by atoms with E-state index in [4.69, 9.17) is 4.74 Å². The number of carbonyl (C=O) groups excluding carboxylic acids is 1. The molecule has 0 unspecified atom stereocenters. The topological polar surface area (TPSA) is 63.0 Å². The van der Waals surface area contributed by atoms with Crippen molar-refractivity contribution in [3.63, 3.8) is 0 Å². The van der Waals surface area contributed by atoms with Crippen LogP contribution in [-0.4, -0.2) is 11.0 Å². The van der Waals surface area contributed by atoms with Crippen LogP contribution in [0, 0.1) is 11.3 Å². The van der Waals surface area contributed by atoms with Gasteiger partial charge in [0.25, 0.3) is 0 Å². The van der Waals surface area contributed by atoms with Gasteiger partial charge < -0.3 is 4.74 Å². The first-order valence-electron chi connectivity index (χ1n) is 8.68. The average Bonchev–Trinajstić information content (AvgIpc) is 3.17. The second-order valence-electron chi connectivity index (χ2n) is 6.12. The second kappa shape index (κ2) is 8.39. The van der Waals surface area contributed by atoms with Gasteiger partial charge >= 0.3 is 5.97 Å². The fraction of sp³-hybridized carbons (Fsp3) is 0. The van der Waals surface area contributed by atoms with Gasteiger partial charge in [0.15, 0.2) is 0 Å². The Balaban J connectivity index is 1.52. The summed E-state index contributed by atoms with van der Waals surface area (Å²) < 4.78 is 7.34. The van der Waals surface area contributed by atoms with Crippen molar-refractivity contribution in [1.29, 1.82) is 5.26 Å². The van der Waals surface area contributed by atoms with Crippen LogP contribution in [0.3, 0.4) is 0 Å². The smallest absolute Gasteiger partial charge is 0.343 e. The largest absolute Gasteiger partial charge is 0.423 e. The lowest BCUT2D eigenvalue weighted by Crippen LogP contribution is -2.08. The predicted molar refractivity (Wildman–Crippen MR) is 119 cm³/mol. The minimum absolute atomic E-state index is 0.423. The SMILES string of the molecule is N#C/C(=C\c1ccc(OC(=O)c2ccc(Br)cc2)cc1)c1nc2ccccc2s1. The minimum atomic E-state index is -0.423. The van der Waals surface area contributed by atoms with Gasteiger partial charge in [-0.15, -0.1) is 11.3 Å². The van der Waals surface area contributed by atoms with Gasteiger partial charge in [-0.2, -0.15) is 5.26 Å². The van der Waals surface area contributed by atoms with E-state index in [0.29, 0.717) is 21.9 Å². The van der Waals surface area contributed by atoms with Crippen molar-refractivity contribution in [2.45, 2.75) is 0 Å². The summed E-state index contributed by atoms with van der Waals surface area (Å²) in [6.07, 6.45) is 1.78. The quantitative estimate of drug-likeness (QED) is 0.202. The maximum absolute atomic E-state index is 12.2. The summed E-state index contributed by atoms with van der Waals surface area (Å²) >= 11 is 4.82. The first-order valence-corrected chi connectivity index (χ1v) is 10.3. The number of nitriles is 1. The van der Waals surface area contributed by atoms with E-state index >= 15 is 0 Å². The average molecular weight is 461 g/mol. The van der Waals surface area contributed by atoms with Crippen molar-refractivity contribution >= 4 is 55.1 Å². The molecule has 0 spiro atoms. The van der Waals surface area contributed by atoms with Crippen LogP contribution in [0.5, 0.6) is 5.75 Å². The number of halogens is 1. The van der Waals surface area contributed by atoms with E-state index in [9.17, 15) is 10.1 Å². The maximum Gasteiger partial charge on any atom is 0.343 e. The molecule has 0 atom stereocenters. The molecule has 6 heteroatoms. The van der Waals surface area contributed by atoms with Gasteiger partial charge in [-0.1, -0.05) is 40.2 Å². The Morgan fingerprint density at radius 3 is 2.45 bits per heavy atom. The standard InChI is InChI=1S/C23H13BrN2O2S/c24-18-9-7-16(8-10-18)23(27)28-19-11-5-15(6-12-19)13-17(14-25)22-26-20-3-1-2-4-21(20)29-22/h1-13H/b17-13+. The Hall–Kier alpha value is -3.27. The Bertz CT molecular complexity index is 1220. The number of hydrogen-bond donors (Lipinski definition) is 0. The van der Waals surface area contributed by atoms with E-state index in [-0.39, 0.29) is 0 Å². The molecule has 0 aliphatic rings. The van der Waals surface area contributed by atoms with Crippen LogP contribution in [0.1, 0.15) is 20.9 Å². The van der Waals surface area contributed by atoms with Crippen LogP contribution in [0.25, 0.3) is 21.9 Å². The number of benzene rings is 3. The Morgan fingerprint density at radius 1 is 1.03 bits per heavy atom. The van der Waals surface area contributed by atoms with E-state index in [2.05, 4.69) is 27.0 Å². The number of fused-ring (bicyclic) bond motifs is 1. The Kier molecular flexibility index (Phi) is 5.52. The van der Waals surface area contributed by atoms with Gasteiger partial charge in [0, 0.05) is 4.47 Å². The van der Waals surface area contributed by atoms with Crippen LogP contribution >= 0.6 is 27.3 Å². The van der Waals surface area contributed by atoms with Crippen molar-refractivity contribution < 1.29 is 9.53 Å². The van der Waals surface area contributed by atoms with Gasteiger partial charge in [-0.05, 0) is 60.2 Å². The number of allylic oxidation sites excluding steroid dienone is 1. The van der Waals surface area contributed by atoms with Crippen LogP contribution in [0.2, 0.25) is 0 Å². The highest BCUT2D eigenvalue weighted by molar-refractivity contribution is 9.10. The molecule has 0 amide bonds. The normalized spacial score (nSPS) is 11.2. The lowest BCUT2D eigenvalue weighted by Gasteiger charge is -2.05. The molecule has 0 aliphatic carbocycles. The molecular weight excluding hydrogens is 448 g/mol. The van der Waals surface area contributed by atoms with Crippen LogP contribution in [-0.2, 0) is 0 Å². The van der Waals surface area contributed by atoms with Gasteiger partial charge in [-0.25, -0.2) is 9.78 Å². The molecule has 1 heterocycles. The third kappa shape index (κ3) is 4.43. The lowest BCUT2D eigenvalue weighted by molar-refractivity contribution is 0.0734. The third-order valence-electron chi connectivity index (χ3n) is 4.13. The molecule has 0 fully saturated rings.